The zero-order chi connectivity index (χ0) is 7.28. The summed E-state index contributed by atoms with van der Waals surface area (Å²) >= 11 is 0. The van der Waals surface area contributed by atoms with Gasteiger partial charge in [-0.1, -0.05) is 0 Å². The van der Waals surface area contributed by atoms with E-state index in [1.54, 1.807) is 6.92 Å². The Kier molecular flexibility index (Phi) is 4.00. The maximum atomic E-state index is 10.3. The number of hydrogen-bond acceptors (Lipinski definition) is 3. The average Bonchev–Trinajstić information content (AvgIpc) is 1.87. The smallest absolute Gasteiger partial charge is 0.366 e. The first-order valence-corrected chi connectivity index (χ1v) is 2.57. The molecule has 0 spiro atoms. The molecule has 0 saturated carbocycles. The molecular formula is C5H9O4. The first-order chi connectivity index (χ1) is 4.22. The van der Waals surface area contributed by atoms with E-state index < -0.39 is 12.3 Å². The summed E-state index contributed by atoms with van der Waals surface area (Å²) in [6.07, 6.45) is -1.69. The van der Waals surface area contributed by atoms with Crippen LogP contribution in [0.15, 0.2) is 0 Å². The molecule has 0 fully saturated rings. The van der Waals surface area contributed by atoms with Crippen molar-refractivity contribution in [3.8, 4) is 0 Å². The van der Waals surface area contributed by atoms with Crippen LogP contribution in [0.25, 0.3) is 0 Å². The van der Waals surface area contributed by atoms with Gasteiger partial charge in [-0.2, -0.15) is 5.11 Å². The molecule has 0 aromatic rings. The second kappa shape index (κ2) is 4.29. The molecule has 1 radical (unpaired) electrons. The number of carbonyl (C=O) groups is 1. The minimum absolute atomic E-state index is 0.209. The molecule has 4 heteroatoms. The number of methoxy groups -OCH3 is 1. The number of esters is 1. The predicted octanol–water partition coefficient (Wildman–Crippen LogP) is -0.0475. The molecule has 0 heterocycles. The van der Waals surface area contributed by atoms with Crippen LogP contribution in [0.2, 0.25) is 0 Å². The van der Waals surface area contributed by atoms with E-state index in [-0.39, 0.29) is 6.61 Å². The molecular weight excluding hydrogens is 124 g/mol. The number of carbonyl (C=O) groups excluding carboxylic acids is 1. The average molecular weight is 133 g/mol. The number of ether oxygens (including phenoxy) is 2. The largest absolute Gasteiger partial charge is 0.462 e. The summed E-state index contributed by atoms with van der Waals surface area (Å²) in [5.74, 6) is -0.861. The molecule has 4 nitrogen and oxygen atoms in total. The second-order valence-electron chi connectivity index (χ2n) is 1.32. The van der Waals surface area contributed by atoms with Crippen molar-refractivity contribution in [1.29, 1.82) is 0 Å². The lowest BCUT2D eigenvalue weighted by Gasteiger charge is -2.03. The van der Waals surface area contributed by atoms with Gasteiger partial charge in [0, 0.05) is 7.11 Å². The minimum Gasteiger partial charge on any atom is -0.462 e. The predicted molar refractivity (Wildman–Crippen MR) is 28.1 cm³/mol. The fraction of sp³-hybridized carbons (Fsp3) is 0.800. The third-order valence-corrected chi connectivity index (χ3v) is 0.693. The molecule has 9 heavy (non-hydrogen) atoms. The van der Waals surface area contributed by atoms with Crippen molar-refractivity contribution in [3.05, 3.63) is 0 Å². The Hall–Kier alpha value is -0.610. The quantitative estimate of drug-likeness (QED) is 0.400. The number of rotatable bonds is 3. The van der Waals surface area contributed by atoms with Crippen molar-refractivity contribution < 1.29 is 19.4 Å². The van der Waals surface area contributed by atoms with Crippen molar-refractivity contribution in [1.82, 2.24) is 0 Å². The Balaban J connectivity index is 3.46. The standard InChI is InChI=1S/C5H9O4/c1-3-9-5(7)4(6)8-2/h4H,3H2,1-2H3. The lowest BCUT2D eigenvalue weighted by Crippen LogP contribution is -2.23. The molecule has 0 N–H and O–H groups in total. The molecule has 0 aliphatic rings. The van der Waals surface area contributed by atoms with E-state index in [0.717, 1.165) is 7.11 Å². The third-order valence-electron chi connectivity index (χ3n) is 0.693. The lowest BCUT2D eigenvalue weighted by molar-refractivity contribution is -0.188. The Morgan fingerprint density at radius 2 is 2.22 bits per heavy atom. The van der Waals surface area contributed by atoms with Gasteiger partial charge >= 0.3 is 5.97 Å². The molecule has 0 aliphatic heterocycles. The van der Waals surface area contributed by atoms with Gasteiger partial charge in [0.2, 0.25) is 0 Å². The van der Waals surface area contributed by atoms with Crippen LogP contribution < -0.4 is 0 Å². The summed E-state index contributed by atoms with van der Waals surface area (Å²) in [7, 11) is 1.16. The Labute approximate surface area is 53.4 Å². The summed E-state index contributed by atoms with van der Waals surface area (Å²) in [5, 5.41) is 10.3. The third kappa shape index (κ3) is 3.05. The van der Waals surface area contributed by atoms with E-state index in [1.807, 2.05) is 0 Å². The van der Waals surface area contributed by atoms with Gasteiger partial charge in [0.25, 0.3) is 6.29 Å². The van der Waals surface area contributed by atoms with Crippen molar-refractivity contribution >= 4 is 5.97 Å². The van der Waals surface area contributed by atoms with Gasteiger partial charge in [-0.25, -0.2) is 4.79 Å². The van der Waals surface area contributed by atoms with Crippen LogP contribution >= 0.6 is 0 Å². The summed E-state index contributed by atoms with van der Waals surface area (Å²) in [4.78, 5) is 10.3. The zero-order valence-corrected chi connectivity index (χ0v) is 5.42. The van der Waals surface area contributed by atoms with Crippen LogP contribution in [0.5, 0.6) is 0 Å². The van der Waals surface area contributed by atoms with Gasteiger partial charge in [0.15, 0.2) is 0 Å². The van der Waals surface area contributed by atoms with Gasteiger partial charge in [-0.05, 0) is 6.92 Å². The maximum Gasteiger partial charge on any atom is 0.366 e. The molecule has 0 aromatic heterocycles. The highest BCUT2D eigenvalue weighted by Crippen LogP contribution is 1.88. The number of hydrogen-bond donors (Lipinski definition) is 0. The van der Waals surface area contributed by atoms with Crippen molar-refractivity contribution in [2.24, 2.45) is 0 Å². The minimum atomic E-state index is -1.69. The zero-order valence-electron chi connectivity index (χ0n) is 5.42. The van der Waals surface area contributed by atoms with Gasteiger partial charge < -0.3 is 9.47 Å². The van der Waals surface area contributed by atoms with Crippen LogP contribution in [0.1, 0.15) is 6.92 Å². The van der Waals surface area contributed by atoms with Crippen LogP contribution in [0.4, 0.5) is 0 Å². The molecule has 1 atom stereocenters. The maximum absolute atomic E-state index is 10.3. The van der Waals surface area contributed by atoms with Crippen molar-refractivity contribution in [3.63, 3.8) is 0 Å². The molecule has 1 unspecified atom stereocenters. The summed E-state index contributed by atoms with van der Waals surface area (Å²) in [6.45, 7) is 1.83. The Bertz CT molecular complexity index is 91.0. The SMILES string of the molecule is CCOC(=O)C([O])OC. The summed E-state index contributed by atoms with van der Waals surface area (Å²) in [5.41, 5.74) is 0. The van der Waals surface area contributed by atoms with Crippen LogP contribution in [0.3, 0.4) is 0 Å². The topological polar surface area (TPSA) is 55.4 Å². The first kappa shape index (κ1) is 8.39. The fourth-order valence-corrected chi connectivity index (χ4v) is 0.307. The summed E-state index contributed by atoms with van der Waals surface area (Å²) in [6, 6.07) is 0. The highest BCUT2D eigenvalue weighted by atomic mass is 16.6. The molecule has 0 rings (SSSR count). The monoisotopic (exact) mass is 133 g/mol. The molecule has 53 valence electrons. The lowest BCUT2D eigenvalue weighted by atomic mass is 10.6. The Morgan fingerprint density at radius 1 is 1.67 bits per heavy atom. The van der Waals surface area contributed by atoms with E-state index in [2.05, 4.69) is 9.47 Å². The Morgan fingerprint density at radius 3 is 2.56 bits per heavy atom. The molecule has 0 amide bonds. The van der Waals surface area contributed by atoms with Gasteiger partial charge in [-0.15, -0.1) is 0 Å². The van der Waals surface area contributed by atoms with E-state index in [1.165, 1.54) is 0 Å². The summed E-state index contributed by atoms with van der Waals surface area (Å²) < 4.78 is 8.45. The van der Waals surface area contributed by atoms with Crippen LogP contribution in [-0.4, -0.2) is 26.0 Å². The van der Waals surface area contributed by atoms with Crippen LogP contribution in [-0.2, 0) is 19.4 Å². The molecule has 0 aliphatic carbocycles. The van der Waals surface area contributed by atoms with Crippen molar-refractivity contribution in [2.75, 3.05) is 13.7 Å². The highest BCUT2D eigenvalue weighted by molar-refractivity contribution is 5.72. The molecule has 0 saturated heterocycles. The second-order valence-corrected chi connectivity index (χ2v) is 1.32. The van der Waals surface area contributed by atoms with E-state index in [9.17, 15) is 9.90 Å². The van der Waals surface area contributed by atoms with E-state index in [4.69, 9.17) is 0 Å². The highest BCUT2D eigenvalue weighted by Gasteiger charge is 2.15. The molecule has 0 aromatic carbocycles. The normalized spacial score (nSPS) is 12.8. The first-order valence-electron chi connectivity index (χ1n) is 2.57. The molecule has 0 bridgehead atoms. The van der Waals surface area contributed by atoms with E-state index in [0.29, 0.717) is 0 Å². The van der Waals surface area contributed by atoms with E-state index >= 15 is 0 Å². The fourth-order valence-electron chi connectivity index (χ4n) is 0.307. The van der Waals surface area contributed by atoms with Crippen LogP contribution in [0, 0.1) is 0 Å². The van der Waals surface area contributed by atoms with Gasteiger partial charge in [0.05, 0.1) is 6.61 Å². The van der Waals surface area contributed by atoms with Gasteiger partial charge in [0.1, 0.15) is 0 Å². The van der Waals surface area contributed by atoms with Crippen molar-refractivity contribution in [2.45, 2.75) is 13.2 Å². The van der Waals surface area contributed by atoms with Gasteiger partial charge in [-0.3, -0.25) is 0 Å².